The van der Waals surface area contributed by atoms with Crippen molar-refractivity contribution in [3.8, 4) is 11.5 Å². The molecule has 0 aromatic carbocycles. The topological polar surface area (TPSA) is 96.5 Å². The van der Waals surface area contributed by atoms with Crippen LogP contribution in [0.15, 0.2) is 42.7 Å². The van der Waals surface area contributed by atoms with E-state index in [0.29, 0.717) is 16.5 Å². The zero-order valence-corrected chi connectivity index (χ0v) is 11.4. The average Bonchev–Trinajstić information content (AvgIpc) is 2.97. The highest BCUT2D eigenvalue weighted by atomic mass is 35.5. The third kappa shape index (κ3) is 3.03. The second-order valence-corrected chi connectivity index (χ2v) is 4.47. The van der Waals surface area contributed by atoms with Crippen molar-refractivity contribution in [1.82, 2.24) is 25.1 Å². The van der Waals surface area contributed by atoms with E-state index in [9.17, 15) is 4.79 Å². The normalized spacial score (nSPS) is 10.3. The summed E-state index contributed by atoms with van der Waals surface area (Å²) in [7, 11) is 0. The SMILES string of the molecule is O=C(Nc1n[nH]c(-c2ccccn2)n1)c1cc(Cl)ccn1. The summed E-state index contributed by atoms with van der Waals surface area (Å²) in [5.74, 6) is 0.163. The molecule has 7 nitrogen and oxygen atoms in total. The smallest absolute Gasteiger partial charge is 0.276 e. The number of rotatable bonds is 3. The predicted molar refractivity (Wildman–Crippen MR) is 76.8 cm³/mol. The fourth-order valence-electron chi connectivity index (χ4n) is 1.63. The maximum Gasteiger partial charge on any atom is 0.276 e. The number of halogens is 1. The van der Waals surface area contributed by atoms with Crippen molar-refractivity contribution in [3.05, 3.63) is 53.4 Å². The Balaban J connectivity index is 1.77. The summed E-state index contributed by atoms with van der Waals surface area (Å²) < 4.78 is 0. The third-order valence-corrected chi connectivity index (χ3v) is 2.81. The number of pyridine rings is 2. The number of aromatic amines is 1. The summed E-state index contributed by atoms with van der Waals surface area (Å²) in [5.41, 5.74) is 0.818. The Morgan fingerprint density at radius 3 is 2.86 bits per heavy atom. The molecule has 3 aromatic heterocycles. The van der Waals surface area contributed by atoms with Crippen LogP contribution in [0.4, 0.5) is 5.95 Å². The molecule has 104 valence electrons. The molecule has 0 aliphatic rings. The van der Waals surface area contributed by atoms with Gasteiger partial charge in [-0.05, 0) is 24.3 Å². The monoisotopic (exact) mass is 300 g/mol. The first-order valence-electron chi connectivity index (χ1n) is 5.99. The van der Waals surface area contributed by atoms with E-state index >= 15 is 0 Å². The molecule has 0 atom stereocenters. The number of amides is 1. The standard InChI is InChI=1S/C13H9ClN6O/c14-8-4-6-16-10(7-8)12(21)18-13-17-11(19-20-13)9-3-1-2-5-15-9/h1-7H,(H2,17,18,19,20,21). The van der Waals surface area contributed by atoms with Crippen LogP contribution in [0.1, 0.15) is 10.5 Å². The van der Waals surface area contributed by atoms with Crippen molar-refractivity contribution in [1.29, 1.82) is 0 Å². The summed E-state index contributed by atoms with van der Waals surface area (Å²) in [6.45, 7) is 0. The fraction of sp³-hybridized carbons (Fsp3) is 0. The summed E-state index contributed by atoms with van der Waals surface area (Å²) in [4.78, 5) is 24.2. The van der Waals surface area contributed by atoms with Gasteiger partial charge in [-0.3, -0.25) is 25.2 Å². The van der Waals surface area contributed by atoms with Gasteiger partial charge in [-0.15, -0.1) is 5.10 Å². The molecule has 3 heterocycles. The number of hydrogen-bond donors (Lipinski definition) is 2. The van der Waals surface area contributed by atoms with Crippen LogP contribution >= 0.6 is 11.6 Å². The van der Waals surface area contributed by atoms with E-state index in [-0.39, 0.29) is 11.6 Å². The van der Waals surface area contributed by atoms with Gasteiger partial charge >= 0.3 is 0 Å². The van der Waals surface area contributed by atoms with Crippen LogP contribution < -0.4 is 5.32 Å². The minimum atomic E-state index is -0.441. The first kappa shape index (κ1) is 13.2. The maximum absolute atomic E-state index is 12.0. The van der Waals surface area contributed by atoms with E-state index in [1.807, 2.05) is 6.07 Å². The highest BCUT2D eigenvalue weighted by Gasteiger charge is 2.12. The van der Waals surface area contributed by atoms with Crippen molar-refractivity contribution in [2.75, 3.05) is 5.32 Å². The molecule has 0 aliphatic carbocycles. The molecule has 8 heteroatoms. The van der Waals surface area contributed by atoms with Gasteiger partial charge in [0.25, 0.3) is 5.91 Å². The van der Waals surface area contributed by atoms with Crippen LogP contribution in [-0.4, -0.2) is 31.1 Å². The van der Waals surface area contributed by atoms with Crippen molar-refractivity contribution in [2.45, 2.75) is 0 Å². The molecule has 3 aromatic rings. The van der Waals surface area contributed by atoms with Crippen molar-refractivity contribution >= 4 is 23.5 Å². The minimum Gasteiger partial charge on any atom is -0.288 e. The Bertz CT molecular complexity index is 773. The van der Waals surface area contributed by atoms with E-state index in [2.05, 4.69) is 30.5 Å². The molecule has 0 saturated heterocycles. The molecule has 0 saturated carbocycles. The lowest BCUT2D eigenvalue weighted by Crippen LogP contribution is -2.14. The Hall–Kier alpha value is -2.80. The zero-order chi connectivity index (χ0) is 14.7. The number of aromatic nitrogens is 5. The lowest BCUT2D eigenvalue weighted by molar-refractivity contribution is 0.102. The van der Waals surface area contributed by atoms with Gasteiger partial charge in [0, 0.05) is 17.4 Å². The predicted octanol–water partition coefficient (Wildman–Crippen LogP) is 2.17. The first-order chi connectivity index (χ1) is 10.2. The van der Waals surface area contributed by atoms with E-state index < -0.39 is 5.91 Å². The molecule has 21 heavy (non-hydrogen) atoms. The van der Waals surface area contributed by atoms with Gasteiger partial charge in [0.2, 0.25) is 5.95 Å². The third-order valence-electron chi connectivity index (χ3n) is 2.57. The fourth-order valence-corrected chi connectivity index (χ4v) is 1.79. The summed E-state index contributed by atoms with van der Waals surface area (Å²) >= 11 is 5.81. The maximum atomic E-state index is 12.0. The molecule has 1 amide bonds. The molecular weight excluding hydrogens is 292 g/mol. The van der Waals surface area contributed by atoms with Gasteiger partial charge in [-0.25, -0.2) is 0 Å². The molecule has 2 N–H and O–H groups in total. The molecule has 0 unspecified atom stereocenters. The van der Waals surface area contributed by atoms with Crippen LogP contribution in [0, 0.1) is 0 Å². The Morgan fingerprint density at radius 1 is 1.19 bits per heavy atom. The Morgan fingerprint density at radius 2 is 2.10 bits per heavy atom. The van der Waals surface area contributed by atoms with Crippen LogP contribution in [0.3, 0.4) is 0 Å². The number of anilines is 1. The molecule has 0 fully saturated rings. The Kier molecular flexibility index (Phi) is 3.57. The van der Waals surface area contributed by atoms with Gasteiger partial charge in [-0.2, -0.15) is 4.98 Å². The Labute approximate surface area is 124 Å². The van der Waals surface area contributed by atoms with Crippen molar-refractivity contribution < 1.29 is 4.79 Å². The summed E-state index contributed by atoms with van der Waals surface area (Å²) in [5, 5.41) is 9.58. The van der Waals surface area contributed by atoms with Gasteiger partial charge in [0.15, 0.2) is 5.82 Å². The lowest BCUT2D eigenvalue weighted by Gasteiger charge is -1.99. The molecular formula is C13H9ClN6O. The molecule has 0 bridgehead atoms. The molecule has 0 aliphatic heterocycles. The van der Waals surface area contributed by atoms with E-state index in [0.717, 1.165) is 0 Å². The number of nitrogens with zero attached hydrogens (tertiary/aromatic N) is 4. The van der Waals surface area contributed by atoms with Gasteiger partial charge in [0.05, 0.1) is 0 Å². The largest absolute Gasteiger partial charge is 0.288 e. The number of carbonyl (C=O) groups excluding carboxylic acids is 1. The van der Waals surface area contributed by atoms with Gasteiger partial charge < -0.3 is 0 Å². The summed E-state index contributed by atoms with van der Waals surface area (Å²) in [6, 6.07) is 8.46. The van der Waals surface area contributed by atoms with Gasteiger partial charge in [-0.1, -0.05) is 17.7 Å². The first-order valence-corrected chi connectivity index (χ1v) is 6.37. The molecule has 3 rings (SSSR count). The van der Waals surface area contributed by atoms with Crippen molar-refractivity contribution in [2.24, 2.45) is 0 Å². The molecule has 0 spiro atoms. The van der Waals surface area contributed by atoms with Crippen LogP contribution in [0.2, 0.25) is 5.02 Å². The number of nitrogens with one attached hydrogen (secondary N) is 2. The number of carbonyl (C=O) groups is 1. The van der Waals surface area contributed by atoms with Crippen LogP contribution in [0.25, 0.3) is 11.5 Å². The van der Waals surface area contributed by atoms with Crippen molar-refractivity contribution in [3.63, 3.8) is 0 Å². The van der Waals surface area contributed by atoms with E-state index in [1.54, 1.807) is 24.4 Å². The second-order valence-electron chi connectivity index (χ2n) is 4.04. The van der Waals surface area contributed by atoms with Gasteiger partial charge in [0.1, 0.15) is 11.4 Å². The average molecular weight is 301 g/mol. The quantitative estimate of drug-likeness (QED) is 0.772. The number of hydrogen-bond acceptors (Lipinski definition) is 5. The zero-order valence-electron chi connectivity index (χ0n) is 10.6. The van der Waals surface area contributed by atoms with Crippen LogP contribution in [0.5, 0.6) is 0 Å². The number of H-pyrrole nitrogens is 1. The lowest BCUT2D eigenvalue weighted by atomic mass is 10.3. The molecule has 0 radical (unpaired) electrons. The minimum absolute atomic E-state index is 0.141. The second kappa shape index (κ2) is 5.68. The van der Waals surface area contributed by atoms with Crippen LogP contribution in [-0.2, 0) is 0 Å². The highest BCUT2D eigenvalue weighted by Crippen LogP contribution is 2.13. The summed E-state index contributed by atoms with van der Waals surface area (Å²) in [6.07, 6.45) is 3.10. The highest BCUT2D eigenvalue weighted by molar-refractivity contribution is 6.30. The van der Waals surface area contributed by atoms with E-state index in [1.165, 1.54) is 12.3 Å². The van der Waals surface area contributed by atoms with E-state index in [4.69, 9.17) is 11.6 Å².